The highest BCUT2D eigenvalue weighted by Gasteiger charge is 2.31. The van der Waals surface area contributed by atoms with E-state index in [1.807, 2.05) is 18.9 Å². The minimum atomic E-state index is -0.0565. The number of hydrogen-bond donors (Lipinski definition) is 2. The van der Waals surface area contributed by atoms with Gasteiger partial charge in [0.05, 0.1) is 17.8 Å². The van der Waals surface area contributed by atoms with E-state index in [1.165, 1.54) is 5.56 Å². The zero-order valence-corrected chi connectivity index (χ0v) is 22.0. The van der Waals surface area contributed by atoms with Crippen molar-refractivity contribution < 1.29 is 9.53 Å². The number of allylic oxidation sites excluding steroid dienone is 1. The van der Waals surface area contributed by atoms with Crippen LogP contribution >= 0.6 is 0 Å². The standard InChI is InChI=1S/C29H39N5O2/c1-5-26(35)34-16-14-22(15-17-34)25-9-7-6-8-24(30)27(33-25)29-32-20(3)19(2)28(36-29)23-12-10-21(11-13-23)18-31-4/h7,9-13,20,22,25,30-31H,5-6,8,14-18H2,1-4H3/b9-7-,30-24?,33-27?. The Kier molecular flexibility index (Phi) is 8.52. The lowest BCUT2D eigenvalue weighted by molar-refractivity contribution is -0.132. The number of piperidine rings is 1. The third-order valence-electron chi connectivity index (χ3n) is 7.43. The summed E-state index contributed by atoms with van der Waals surface area (Å²) in [4.78, 5) is 24.0. The van der Waals surface area contributed by atoms with Crippen LogP contribution in [0.25, 0.3) is 5.76 Å². The van der Waals surface area contributed by atoms with Gasteiger partial charge in [0, 0.05) is 31.6 Å². The second-order valence-electron chi connectivity index (χ2n) is 9.94. The van der Waals surface area contributed by atoms with E-state index in [0.29, 0.717) is 36.1 Å². The van der Waals surface area contributed by atoms with E-state index in [-0.39, 0.29) is 18.0 Å². The molecule has 1 saturated heterocycles. The quantitative estimate of drug-likeness (QED) is 0.564. The first-order valence-electron chi connectivity index (χ1n) is 13.2. The van der Waals surface area contributed by atoms with Gasteiger partial charge < -0.3 is 20.4 Å². The van der Waals surface area contributed by atoms with E-state index >= 15 is 0 Å². The van der Waals surface area contributed by atoms with Gasteiger partial charge in [-0.1, -0.05) is 43.3 Å². The lowest BCUT2D eigenvalue weighted by Crippen LogP contribution is -2.41. The van der Waals surface area contributed by atoms with E-state index < -0.39 is 0 Å². The molecule has 2 N–H and O–H groups in total. The molecule has 7 heteroatoms. The minimum Gasteiger partial charge on any atom is -0.437 e. The second-order valence-corrected chi connectivity index (χ2v) is 9.94. The molecule has 2 unspecified atom stereocenters. The average Bonchev–Trinajstić information content (AvgIpc) is 2.89. The third-order valence-corrected chi connectivity index (χ3v) is 7.43. The molecule has 2 atom stereocenters. The Morgan fingerprint density at radius 2 is 1.92 bits per heavy atom. The SMILES string of the molecule is CCC(=O)N1CCC(C2/C=C\CCC(=N)C(C3=NC(C)C(C)=C(c4ccc(CNC)cc4)O3)=N2)CC1. The first-order valence-corrected chi connectivity index (χ1v) is 13.2. The number of aliphatic imine (C=N–C) groups is 2. The fourth-order valence-corrected chi connectivity index (χ4v) is 5.05. The Morgan fingerprint density at radius 1 is 1.19 bits per heavy atom. The molecule has 0 spiro atoms. The van der Waals surface area contributed by atoms with Gasteiger partial charge in [0.1, 0.15) is 11.5 Å². The van der Waals surface area contributed by atoms with Crippen molar-refractivity contribution in [3.63, 3.8) is 0 Å². The number of amides is 1. The highest BCUT2D eigenvalue weighted by molar-refractivity contribution is 6.66. The molecular formula is C29H39N5O2. The van der Waals surface area contributed by atoms with Crippen LogP contribution in [0.4, 0.5) is 0 Å². The summed E-state index contributed by atoms with van der Waals surface area (Å²) in [5.74, 6) is 1.81. The van der Waals surface area contributed by atoms with Crippen LogP contribution < -0.4 is 5.32 Å². The summed E-state index contributed by atoms with van der Waals surface area (Å²) < 4.78 is 6.43. The van der Waals surface area contributed by atoms with Gasteiger partial charge in [-0.3, -0.25) is 9.79 Å². The summed E-state index contributed by atoms with van der Waals surface area (Å²) in [5.41, 5.74) is 4.33. The second kappa shape index (κ2) is 11.8. The molecule has 3 aliphatic heterocycles. The van der Waals surface area contributed by atoms with E-state index in [4.69, 9.17) is 20.1 Å². The van der Waals surface area contributed by atoms with Gasteiger partial charge in [-0.2, -0.15) is 0 Å². The van der Waals surface area contributed by atoms with Gasteiger partial charge in [0.25, 0.3) is 0 Å². The molecule has 7 nitrogen and oxygen atoms in total. The number of carbonyl (C=O) groups is 1. The van der Waals surface area contributed by atoms with Gasteiger partial charge in [0.2, 0.25) is 11.8 Å². The lowest BCUT2D eigenvalue weighted by atomic mass is 9.88. The van der Waals surface area contributed by atoms with Crippen LogP contribution in [0.3, 0.4) is 0 Å². The van der Waals surface area contributed by atoms with Gasteiger partial charge in [-0.05, 0) is 63.6 Å². The monoisotopic (exact) mass is 489 g/mol. The van der Waals surface area contributed by atoms with Crippen LogP contribution in [0.2, 0.25) is 0 Å². The first kappa shape index (κ1) is 26.0. The maximum absolute atomic E-state index is 12.1. The van der Waals surface area contributed by atoms with Crippen LogP contribution in [-0.4, -0.2) is 60.3 Å². The van der Waals surface area contributed by atoms with Gasteiger partial charge in [0.15, 0.2) is 0 Å². The predicted octanol–water partition coefficient (Wildman–Crippen LogP) is 4.78. The lowest BCUT2D eigenvalue weighted by Gasteiger charge is -2.34. The van der Waals surface area contributed by atoms with Crippen LogP contribution in [0.5, 0.6) is 0 Å². The van der Waals surface area contributed by atoms with Crippen LogP contribution in [0, 0.1) is 11.3 Å². The smallest absolute Gasteiger partial charge is 0.242 e. The fraction of sp³-hybridized carbons (Fsp3) is 0.517. The summed E-state index contributed by atoms with van der Waals surface area (Å²) in [6, 6.07) is 8.29. The molecule has 0 aliphatic carbocycles. The number of benzene rings is 1. The molecule has 0 radical (unpaired) electrons. The summed E-state index contributed by atoms with van der Waals surface area (Å²) in [6.45, 7) is 8.40. The van der Waals surface area contributed by atoms with Crippen molar-refractivity contribution >= 4 is 29.0 Å². The highest BCUT2D eigenvalue weighted by Crippen LogP contribution is 2.30. The highest BCUT2D eigenvalue weighted by atomic mass is 16.5. The van der Waals surface area contributed by atoms with Crippen molar-refractivity contribution in [3.05, 3.63) is 53.1 Å². The molecule has 4 rings (SSSR count). The summed E-state index contributed by atoms with van der Waals surface area (Å²) in [7, 11) is 1.94. The molecule has 192 valence electrons. The number of nitrogens with one attached hydrogen (secondary N) is 2. The first-order chi connectivity index (χ1) is 17.4. The molecule has 0 saturated carbocycles. The van der Waals surface area contributed by atoms with Crippen molar-refractivity contribution in [1.29, 1.82) is 5.41 Å². The summed E-state index contributed by atoms with van der Waals surface area (Å²) in [6.07, 6.45) is 8.13. The zero-order valence-electron chi connectivity index (χ0n) is 22.0. The fourth-order valence-electron chi connectivity index (χ4n) is 5.05. The van der Waals surface area contributed by atoms with E-state index in [1.54, 1.807) is 0 Å². The molecular weight excluding hydrogens is 450 g/mol. The molecule has 0 aromatic heterocycles. The van der Waals surface area contributed by atoms with Crippen molar-refractivity contribution in [1.82, 2.24) is 10.2 Å². The Balaban J connectivity index is 1.58. The Labute approximate surface area is 214 Å². The Bertz CT molecular complexity index is 1090. The average molecular weight is 490 g/mol. The van der Waals surface area contributed by atoms with Crippen LogP contribution in [0.1, 0.15) is 64.0 Å². The maximum Gasteiger partial charge on any atom is 0.242 e. The number of likely N-dealkylation sites (tertiary alicyclic amines) is 1. The van der Waals surface area contributed by atoms with Gasteiger partial charge in [-0.15, -0.1) is 0 Å². The van der Waals surface area contributed by atoms with Crippen molar-refractivity contribution in [2.75, 3.05) is 20.1 Å². The van der Waals surface area contributed by atoms with Crippen molar-refractivity contribution in [2.45, 2.75) is 71.5 Å². The minimum absolute atomic E-state index is 0.0441. The molecule has 36 heavy (non-hydrogen) atoms. The largest absolute Gasteiger partial charge is 0.437 e. The number of carbonyl (C=O) groups excluding carboxylic acids is 1. The molecule has 3 aliphatic rings. The number of rotatable bonds is 6. The number of ether oxygens (including phenoxy) is 1. The topological polar surface area (TPSA) is 90.1 Å². The molecule has 1 fully saturated rings. The Hall–Kier alpha value is -3.06. The van der Waals surface area contributed by atoms with Crippen LogP contribution in [-0.2, 0) is 16.1 Å². The molecule has 1 aromatic carbocycles. The van der Waals surface area contributed by atoms with E-state index in [0.717, 1.165) is 55.8 Å². The van der Waals surface area contributed by atoms with Crippen molar-refractivity contribution in [3.8, 4) is 0 Å². The van der Waals surface area contributed by atoms with Gasteiger partial charge in [-0.25, -0.2) is 4.99 Å². The predicted molar refractivity (Wildman–Crippen MR) is 147 cm³/mol. The van der Waals surface area contributed by atoms with Gasteiger partial charge >= 0.3 is 0 Å². The van der Waals surface area contributed by atoms with E-state index in [2.05, 4.69) is 55.6 Å². The van der Waals surface area contributed by atoms with Crippen LogP contribution in [0.15, 0.2) is 52.0 Å². The molecule has 0 bridgehead atoms. The summed E-state index contributed by atoms with van der Waals surface area (Å²) >= 11 is 0. The maximum atomic E-state index is 12.1. The summed E-state index contributed by atoms with van der Waals surface area (Å²) in [5, 5.41) is 12.0. The number of nitrogens with zero attached hydrogens (tertiary/aromatic N) is 3. The normalized spacial score (nSPS) is 24.4. The third kappa shape index (κ3) is 5.84. The molecule has 1 amide bonds. The number of hydrogen-bond acceptors (Lipinski definition) is 6. The molecule has 1 aromatic rings. The van der Waals surface area contributed by atoms with E-state index in [9.17, 15) is 4.79 Å². The Morgan fingerprint density at radius 3 is 2.58 bits per heavy atom. The molecule has 3 heterocycles. The van der Waals surface area contributed by atoms with Crippen molar-refractivity contribution in [2.24, 2.45) is 15.9 Å². The zero-order chi connectivity index (χ0) is 25.7.